The molecule has 3 N–H and O–H groups in total. The number of carbonyl (C=O) groups is 1. The van der Waals surface area contributed by atoms with Crippen molar-refractivity contribution in [3.05, 3.63) is 53.3 Å². The van der Waals surface area contributed by atoms with Gasteiger partial charge in [0.1, 0.15) is 23.2 Å². The molecule has 0 bridgehead atoms. The van der Waals surface area contributed by atoms with Gasteiger partial charge < -0.3 is 20.1 Å². The van der Waals surface area contributed by atoms with Gasteiger partial charge in [-0.2, -0.15) is 5.26 Å². The SMILES string of the molecule is COc1cccc(C(O)CNC(=O)c2ccc(C#N)[nH]2)c1. The van der Waals surface area contributed by atoms with E-state index in [0.717, 1.165) is 0 Å². The summed E-state index contributed by atoms with van der Waals surface area (Å²) in [5.74, 6) is 0.263. The Morgan fingerprint density at radius 1 is 1.48 bits per heavy atom. The largest absolute Gasteiger partial charge is 0.497 e. The van der Waals surface area contributed by atoms with Crippen LogP contribution in [0.15, 0.2) is 36.4 Å². The molecular weight excluding hydrogens is 270 g/mol. The highest BCUT2D eigenvalue weighted by molar-refractivity contribution is 5.92. The highest BCUT2D eigenvalue weighted by atomic mass is 16.5. The van der Waals surface area contributed by atoms with Crippen molar-refractivity contribution in [2.45, 2.75) is 6.10 Å². The average Bonchev–Trinajstić information content (AvgIpc) is 3.01. The minimum absolute atomic E-state index is 0.0624. The van der Waals surface area contributed by atoms with E-state index in [0.29, 0.717) is 17.0 Å². The Labute approximate surface area is 122 Å². The lowest BCUT2D eigenvalue weighted by atomic mass is 10.1. The molecule has 0 saturated heterocycles. The maximum absolute atomic E-state index is 11.8. The maximum Gasteiger partial charge on any atom is 0.267 e. The summed E-state index contributed by atoms with van der Waals surface area (Å²) in [5, 5.41) is 21.3. The van der Waals surface area contributed by atoms with Crippen LogP contribution < -0.4 is 10.1 Å². The average molecular weight is 285 g/mol. The van der Waals surface area contributed by atoms with Crippen LogP contribution in [0.3, 0.4) is 0 Å². The Morgan fingerprint density at radius 3 is 2.95 bits per heavy atom. The molecule has 0 radical (unpaired) electrons. The van der Waals surface area contributed by atoms with Crippen LogP contribution in [0.5, 0.6) is 5.75 Å². The second kappa shape index (κ2) is 6.59. The molecule has 6 heteroatoms. The first-order chi connectivity index (χ1) is 10.1. The van der Waals surface area contributed by atoms with E-state index in [1.165, 1.54) is 12.1 Å². The number of nitriles is 1. The van der Waals surface area contributed by atoms with Gasteiger partial charge in [0.2, 0.25) is 0 Å². The molecule has 0 fully saturated rings. The van der Waals surface area contributed by atoms with Crippen LogP contribution in [0.4, 0.5) is 0 Å². The fourth-order valence-corrected chi connectivity index (χ4v) is 1.84. The molecule has 0 aliphatic carbocycles. The zero-order valence-corrected chi connectivity index (χ0v) is 11.5. The number of aromatic nitrogens is 1. The lowest BCUT2D eigenvalue weighted by molar-refractivity contribution is 0.0912. The summed E-state index contributed by atoms with van der Waals surface area (Å²) in [6.07, 6.45) is -0.838. The molecular formula is C15H15N3O3. The van der Waals surface area contributed by atoms with Crippen molar-refractivity contribution >= 4 is 5.91 Å². The molecule has 6 nitrogen and oxygen atoms in total. The van der Waals surface area contributed by atoms with Crippen LogP contribution in [0.1, 0.15) is 27.8 Å². The van der Waals surface area contributed by atoms with Gasteiger partial charge in [0, 0.05) is 6.54 Å². The van der Waals surface area contributed by atoms with E-state index in [4.69, 9.17) is 10.00 Å². The van der Waals surface area contributed by atoms with E-state index in [1.807, 2.05) is 6.07 Å². The quantitative estimate of drug-likeness (QED) is 0.772. The van der Waals surface area contributed by atoms with Crippen LogP contribution in [0.25, 0.3) is 0 Å². The normalized spacial score (nSPS) is 11.5. The molecule has 0 spiro atoms. The van der Waals surface area contributed by atoms with E-state index < -0.39 is 6.10 Å². The van der Waals surface area contributed by atoms with E-state index in [2.05, 4.69) is 10.3 Å². The summed E-state index contributed by atoms with van der Waals surface area (Å²) in [4.78, 5) is 14.5. The predicted molar refractivity (Wildman–Crippen MR) is 75.8 cm³/mol. The molecule has 2 rings (SSSR count). The number of aromatic amines is 1. The summed E-state index contributed by atoms with van der Waals surface area (Å²) in [6, 6.07) is 11.9. The fraction of sp³-hybridized carbons (Fsp3) is 0.200. The van der Waals surface area contributed by atoms with Crippen molar-refractivity contribution in [2.24, 2.45) is 0 Å². The van der Waals surface area contributed by atoms with Crippen LogP contribution in [0, 0.1) is 11.3 Å². The molecule has 1 aromatic carbocycles. The maximum atomic E-state index is 11.8. The third-order valence-electron chi connectivity index (χ3n) is 2.99. The van der Waals surface area contributed by atoms with Gasteiger partial charge in [0.15, 0.2) is 0 Å². The number of nitrogens with zero attached hydrogens (tertiary/aromatic N) is 1. The number of nitrogens with one attached hydrogen (secondary N) is 2. The summed E-state index contributed by atoms with van der Waals surface area (Å²) >= 11 is 0. The van der Waals surface area contributed by atoms with E-state index in [9.17, 15) is 9.90 Å². The molecule has 1 atom stereocenters. The number of aliphatic hydroxyl groups excluding tert-OH is 1. The predicted octanol–water partition coefficient (Wildman–Crippen LogP) is 1.36. The number of benzene rings is 1. The Morgan fingerprint density at radius 2 is 2.29 bits per heavy atom. The second-order valence-electron chi connectivity index (χ2n) is 4.40. The van der Waals surface area contributed by atoms with Crippen molar-refractivity contribution in [3.8, 4) is 11.8 Å². The van der Waals surface area contributed by atoms with E-state index in [-0.39, 0.29) is 18.1 Å². The molecule has 0 aliphatic rings. The monoisotopic (exact) mass is 285 g/mol. The molecule has 21 heavy (non-hydrogen) atoms. The van der Waals surface area contributed by atoms with Gasteiger partial charge >= 0.3 is 0 Å². The number of amides is 1. The van der Waals surface area contributed by atoms with Gasteiger partial charge in [-0.25, -0.2) is 0 Å². The van der Waals surface area contributed by atoms with Crippen molar-refractivity contribution in [2.75, 3.05) is 13.7 Å². The number of hydrogen-bond donors (Lipinski definition) is 3. The van der Waals surface area contributed by atoms with Gasteiger partial charge in [-0.3, -0.25) is 4.79 Å². The fourth-order valence-electron chi connectivity index (χ4n) is 1.84. The molecule has 0 aliphatic heterocycles. The van der Waals surface area contributed by atoms with Gasteiger partial charge in [0.25, 0.3) is 5.91 Å². The molecule has 1 unspecified atom stereocenters. The van der Waals surface area contributed by atoms with Crippen LogP contribution in [-0.4, -0.2) is 29.7 Å². The Balaban J connectivity index is 1.95. The van der Waals surface area contributed by atoms with Crippen molar-refractivity contribution in [1.82, 2.24) is 10.3 Å². The number of H-pyrrole nitrogens is 1. The topological polar surface area (TPSA) is 98.1 Å². The second-order valence-corrected chi connectivity index (χ2v) is 4.40. The first-order valence-electron chi connectivity index (χ1n) is 6.33. The number of methoxy groups -OCH3 is 1. The third kappa shape index (κ3) is 3.61. The Bertz CT molecular complexity index is 673. The molecule has 108 valence electrons. The van der Waals surface area contributed by atoms with Crippen LogP contribution in [0.2, 0.25) is 0 Å². The van der Waals surface area contributed by atoms with Gasteiger partial charge in [-0.05, 0) is 29.8 Å². The summed E-state index contributed by atoms with van der Waals surface area (Å²) in [6.45, 7) is 0.0624. The van der Waals surface area contributed by atoms with Crippen LogP contribution >= 0.6 is 0 Å². The number of rotatable bonds is 5. The van der Waals surface area contributed by atoms with Gasteiger partial charge in [-0.15, -0.1) is 0 Å². The number of ether oxygens (including phenoxy) is 1. The van der Waals surface area contributed by atoms with Crippen molar-refractivity contribution in [1.29, 1.82) is 5.26 Å². The Hall–Kier alpha value is -2.78. The van der Waals surface area contributed by atoms with Gasteiger partial charge in [0.05, 0.1) is 13.2 Å². The van der Waals surface area contributed by atoms with Crippen LogP contribution in [-0.2, 0) is 0 Å². The number of carbonyl (C=O) groups excluding carboxylic acids is 1. The third-order valence-corrected chi connectivity index (χ3v) is 2.99. The zero-order chi connectivity index (χ0) is 15.2. The highest BCUT2D eigenvalue weighted by Gasteiger charge is 2.12. The molecule has 1 amide bonds. The summed E-state index contributed by atoms with van der Waals surface area (Å²) < 4.78 is 5.08. The molecule has 1 heterocycles. The standard InChI is InChI=1S/C15H15N3O3/c1-21-12-4-2-3-10(7-12)14(19)9-17-15(20)13-6-5-11(8-16)18-13/h2-7,14,18-19H,9H2,1H3,(H,17,20). The lowest BCUT2D eigenvalue weighted by Crippen LogP contribution is -2.28. The zero-order valence-electron chi connectivity index (χ0n) is 11.5. The Kier molecular flexibility index (Phi) is 4.59. The van der Waals surface area contributed by atoms with Gasteiger partial charge in [-0.1, -0.05) is 12.1 Å². The first-order valence-corrected chi connectivity index (χ1v) is 6.33. The minimum atomic E-state index is -0.838. The smallest absolute Gasteiger partial charge is 0.267 e. The molecule has 0 saturated carbocycles. The molecule has 2 aromatic rings. The van der Waals surface area contributed by atoms with E-state index >= 15 is 0 Å². The highest BCUT2D eigenvalue weighted by Crippen LogP contribution is 2.18. The van der Waals surface area contributed by atoms with E-state index in [1.54, 1.807) is 31.4 Å². The number of hydrogen-bond acceptors (Lipinski definition) is 4. The minimum Gasteiger partial charge on any atom is -0.497 e. The molecule has 1 aromatic heterocycles. The van der Waals surface area contributed by atoms with Crippen molar-refractivity contribution < 1.29 is 14.6 Å². The number of aliphatic hydroxyl groups is 1. The summed E-state index contributed by atoms with van der Waals surface area (Å²) in [7, 11) is 1.55. The summed E-state index contributed by atoms with van der Waals surface area (Å²) in [5.41, 5.74) is 1.25. The first kappa shape index (κ1) is 14.6. The lowest BCUT2D eigenvalue weighted by Gasteiger charge is -2.12. The van der Waals surface area contributed by atoms with Crippen molar-refractivity contribution in [3.63, 3.8) is 0 Å².